The molecule has 0 rings (SSSR count). The van der Waals surface area contributed by atoms with Crippen molar-refractivity contribution in [2.75, 3.05) is 6.54 Å². The molecule has 6 heteroatoms. The van der Waals surface area contributed by atoms with Crippen LogP contribution in [0.4, 0.5) is 0 Å². The number of hydrogen-bond donors (Lipinski definition) is 4. The Labute approximate surface area is 68.8 Å². The molecule has 0 aliphatic carbocycles. The lowest BCUT2D eigenvalue weighted by atomic mass is 10.2. The molecule has 0 radical (unpaired) electrons. The van der Waals surface area contributed by atoms with Crippen LogP contribution < -0.4 is 17.2 Å². The van der Waals surface area contributed by atoms with Crippen LogP contribution in [0.1, 0.15) is 0 Å². The van der Waals surface area contributed by atoms with E-state index in [0.29, 0.717) is 0 Å². The first-order valence-corrected chi connectivity index (χ1v) is 3.13. The quantitative estimate of drug-likeness (QED) is 0.237. The second kappa shape index (κ2) is 3.89. The van der Waals surface area contributed by atoms with Gasteiger partial charge in [0.15, 0.2) is 0 Å². The normalized spacial score (nSPS) is 12.1. The van der Waals surface area contributed by atoms with Crippen molar-refractivity contribution in [1.29, 1.82) is 0 Å². The second-order valence-electron chi connectivity index (χ2n) is 1.75. The van der Waals surface area contributed by atoms with Crippen molar-refractivity contribution in [2.24, 2.45) is 17.2 Å². The molecular weight excluding hydrogens is 166 g/mol. The largest absolute Gasteiger partial charge is 0.510 e. The van der Waals surface area contributed by atoms with Crippen molar-refractivity contribution in [2.45, 2.75) is 0 Å². The van der Waals surface area contributed by atoms with Gasteiger partial charge in [-0.05, 0) is 0 Å². The second-order valence-corrected chi connectivity index (χ2v) is 2.19. The highest BCUT2D eigenvalue weighted by atomic mass is 32.1. The van der Waals surface area contributed by atoms with Gasteiger partial charge in [0.2, 0.25) is 0 Å². The molecular formula is C5H9N3O2S. The Morgan fingerprint density at radius 3 is 2.00 bits per heavy atom. The Kier molecular flexibility index (Phi) is 3.49. The molecule has 0 atom stereocenters. The maximum absolute atomic E-state index is 10.5. The van der Waals surface area contributed by atoms with Crippen LogP contribution in [0.2, 0.25) is 0 Å². The van der Waals surface area contributed by atoms with Gasteiger partial charge in [-0.2, -0.15) is 0 Å². The molecule has 0 bridgehead atoms. The molecule has 0 aliphatic heterocycles. The summed E-state index contributed by atoms with van der Waals surface area (Å²) in [5.41, 5.74) is 14.6. The van der Waals surface area contributed by atoms with Crippen LogP contribution >= 0.6 is 12.2 Å². The van der Waals surface area contributed by atoms with E-state index in [2.05, 4.69) is 12.2 Å². The molecule has 1 amide bonds. The minimum Gasteiger partial charge on any atom is -0.510 e. The molecule has 7 N–H and O–H groups in total. The van der Waals surface area contributed by atoms with Gasteiger partial charge in [0, 0.05) is 0 Å². The molecule has 0 spiro atoms. The third-order valence-corrected chi connectivity index (χ3v) is 1.18. The van der Waals surface area contributed by atoms with Gasteiger partial charge in [-0.15, -0.1) is 0 Å². The maximum atomic E-state index is 10.5. The molecule has 0 heterocycles. The zero-order valence-electron chi connectivity index (χ0n) is 5.70. The summed E-state index contributed by atoms with van der Waals surface area (Å²) in [4.78, 5) is 10.3. The number of hydrogen-bond acceptors (Lipinski definition) is 4. The van der Waals surface area contributed by atoms with Crippen molar-refractivity contribution in [1.82, 2.24) is 0 Å². The van der Waals surface area contributed by atoms with Crippen molar-refractivity contribution >= 4 is 23.1 Å². The molecule has 0 aromatic carbocycles. The van der Waals surface area contributed by atoms with Crippen LogP contribution in [0.5, 0.6) is 0 Å². The van der Waals surface area contributed by atoms with Gasteiger partial charge in [0.05, 0.1) is 6.54 Å². The van der Waals surface area contributed by atoms with Gasteiger partial charge >= 0.3 is 0 Å². The monoisotopic (exact) mass is 175 g/mol. The summed E-state index contributed by atoms with van der Waals surface area (Å²) in [6, 6.07) is 0. The first-order chi connectivity index (χ1) is 5.00. The predicted molar refractivity (Wildman–Crippen MR) is 44.7 cm³/mol. The van der Waals surface area contributed by atoms with Crippen LogP contribution in [0.3, 0.4) is 0 Å². The summed E-state index contributed by atoms with van der Waals surface area (Å²) >= 11 is 4.44. The number of amides is 1. The topological polar surface area (TPSA) is 115 Å². The Hall–Kier alpha value is -1.14. The summed E-state index contributed by atoms with van der Waals surface area (Å²) in [6.07, 6.45) is 0. The average molecular weight is 175 g/mol. The van der Waals surface area contributed by atoms with Crippen molar-refractivity contribution in [3.63, 3.8) is 0 Å². The lowest BCUT2D eigenvalue weighted by Crippen LogP contribution is -2.28. The van der Waals surface area contributed by atoms with E-state index in [1.807, 2.05) is 0 Å². The lowest BCUT2D eigenvalue weighted by Gasteiger charge is -2.02. The highest BCUT2D eigenvalue weighted by Gasteiger charge is 2.13. The van der Waals surface area contributed by atoms with E-state index in [0.717, 1.165) is 0 Å². The minimum atomic E-state index is -0.875. The van der Waals surface area contributed by atoms with Crippen molar-refractivity contribution in [3.8, 4) is 0 Å². The molecule has 62 valence electrons. The van der Waals surface area contributed by atoms with E-state index in [4.69, 9.17) is 22.3 Å². The predicted octanol–water partition coefficient (Wildman–Crippen LogP) is -1.47. The summed E-state index contributed by atoms with van der Waals surface area (Å²) in [5.74, 6) is -1.26. The molecule has 0 unspecified atom stereocenters. The zero-order chi connectivity index (χ0) is 9.02. The fourth-order valence-corrected chi connectivity index (χ4v) is 0.726. The number of nitrogens with two attached hydrogens (primary N) is 3. The number of primary amides is 1. The van der Waals surface area contributed by atoms with Crippen LogP contribution in [0.25, 0.3) is 0 Å². The number of carbonyl (C=O) groups is 1. The smallest absolute Gasteiger partial charge is 0.255 e. The van der Waals surface area contributed by atoms with Gasteiger partial charge in [0.25, 0.3) is 5.91 Å². The summed E-state index contributed by atoms with van der Waals surface area (Å²) in [7, 11) is 0. The van der Waals surface area contributed by atoms with Gasteiger partial charge in [0.1, 0.15) is 16.3 Å². The Morgan fingerprint density at radius 1 is 1.45 bits per heavy atom. The number of aliphatic hydroxyl groups is 1. The molecule has 0 aliphatic rings. The fraction of sp³-hybridized carbons (Fsp3) is 0.200. The van der Waals surface area contributed by atoms with Crippen LogP contribution in [0, 0.1) is 0 Å². The van der Waals surface area contributed by atoms with E-state index < -0.39 is 5.91 Å². The molecule has 0 saturated heterocycles. The Bertz CT molecular complexity index is 208. The first-order valence-electron chi connectivity index (χ1n) is 2.72. The number of carbonyl (C=O) groups excluding carboxylic acids is 1. The van der Waals surface area contributed by atoms with Gasteiger partial charge in [-0.3, -0.25) is 4.79 Å². The zero-order valence-corrected chi connectivity index (χ0v) is 6.52. The molecule has 0 saturated carbocycles. The van der Waals surface area contributed by atoms with E-state index >= 15 is 0 Å². The number of rotatable bonds is 3. The average Bonchev–Trinajstić information content (AvgIpc) is 1.85. The van der Waals surface area contributed by atoms with E-state index in [1.165, 1.54) is 0 Å². The minimum absolute atomic E-state index is 0.213. The van der Waals surface area contributed by atoms with Gasteiger partial charge in [-0.1, -0.05) is 12.2 Å². The standard InChI is InChI=1S/C5H9N3O2S/c6-1-2(9)3(4(7)10)5(8)11/h9H,1,6H2,(H2,7,10)(H2,8,11)/b3-2+. The Morgan fingerprint density at radius 2 is 1.91 bits per heavy atom. The van der Waals surface area contributed by atoms with E-state index in [1.54, 1.807) is 0 Å². The third-order valence-electron chi connectivity index (χ3n) is 0.975. The SMILES string of the molecule is NC/C(O)=C(/C(N)=O)C(N)=S. The lowest BCUT2D eigenvalue weighted by molar-refractivity contribution is -0.114. The fourth-order valence-electron chi connectivity index (χ4n) is 0.508. The van der Waals surface area contributed by atoms with Gasteiger partial charge in [-0.25, -0.2) is 0 Å². The molecule has 0 fully saturated rings. The summed E-state index contributed by atoms with van der Waals surface area (Å²) in [5, 5.41) is 8.94. The first kappa shape index (κ1) is 9.86. The van der Waals surface area contributed by atoms with Crippen LogP contribution in [0.15, 0.2) is 11.3 Å². The molecule has 0 aromatic rings. The van der Waals surface area contributed by atoms with E-state index in [-0.39, 0.29) is 22.9 Å². The van der Waals surface area contributed by atoms with Crippen molar-refractivity contribution in [3.05, 3.63) is 11.3 Å². The maximum Gasteiger partial charge on any atom is 0.255 e. The molecule has 0 aromatic heterocycles. The van der Waals surface area contributed by atoms with Crippen molar-refractivity contribution < 1.29 is 9.90 Å². The van der Waals surface area contributed by atoms with Crippen LogP contribution in [-0.2, 0) is 4.79 Å². The summed E-state index contributed by atoms with van der Waals surface area (Å²) in [6.45, 7) is -0.213. The Balaban J connectivity index is 4.88. The van der Waals surface area contributed by atoms with Gasteiger partial charge < -0.3 is 22.3 Å². The van der Waals surface area contributed by atoms with E-state index in [9.17, 15) is 4.79 Å². The van der Waals surface area contributed by atoms with Crippen LogP contribution in [-0.4, -0.2) is 22.5 Å². The summed E-state index contributed by atoms with van der Waals surface area (Å²) < 4.78 is 0. The number of aliphatic hydroxyl groups excluding tert-OH is 1. The molecule has 11 heavy (non-hydrogen) atoms. The highest BCUT2D eigenvalue weighted by Crippen LogP contribution is 1.99. The highest BCUT2D eigenvalue weighted by molar-refractivity contribution is 7.80. The molecule has 5 nitrogen and oxygen atoms in total. The number of thiocarbonyl (C=S) groups is 1. The third kappa shape index (κ3) is 2.52.